The minimum Gasteiger partial charge on any atom is -0.389 e. The highest BCUT2D eigenvalue weighted by Gasteiger charge is 2.35. The van der Waals surface area contributed by atoms with Crippen LogP contribution in [-0.2, 0) is 6.54 Å². The standard InChI is InChI=1S/C14H20N4O/c1-14(2,19)12-4-3-6-17(12)10-11-8-16-13-9-15-5-7-18(11)13/h5,7-9,12,19H,3-4,6,10H2,1-2H3. The molecule has 102 valence electrons. The van der Waals surface area contributed by atoms with Gasteiger partial charge in [-0.1, -0.05) is 0 Å². The lowest BCUT2D eigenvalue weighted by molar-refractivity contribution is -0.00543. The summed E-state index contributed by atoms with van der Waals surface area (Å²) in [5.74, 6) is 0. The number of nitrogens with zero attached hydrogens (tertiary/aromatic N) is 4. The Morgan fingerprint density at radius 3 is 3.05 bits per heavy atom. The summed E-state index contributed by atoms with van der Waals surface area (Å²) in [6.45, 7) is 5.65. The predicted octanol–water partition coefficient (Wildman–Crippen LogP) is 1.46. The molecule has 3 heterocycles. The Morgan fingerprint density at radius 1 is 1.42 bits per heavy atom. The summed E-state index contributed by atoms with van der Waals surface area (Å²) in [6.07, 6.45) is 9.58. The Hall–Kier alpha value is -1.46. The molecule has 1 saturated heterocycles. The first-order valence-corrected chi connectivity index (χ1v) is 6.78. The first kappa shape index (κ1) is 12.6. The molecular formula is C14H20N4O. The largest absolute Gasteiger partial charge is 0.389 e. The monoisotopic (exact) mass is 260 g/mol. The van der Waals surface area contributed by atoms with Gasteiger partial charge in [0.15, 0.2) is 5.65 Å². The molecule has 19 heavy (non-hydrogen) atoms. The molecule has 3 rings (SSSR count). The summed E-state index contributed by atoms with van der Waals surface area (Å²) < 4.78 is 2.06. The van der Waals surface area contributed by atoms with E-state index in [0.29, 0.717) is 0 Å². The first-order chi connectivity index (χ1) is 9.05. The van der Waals surface area contributed by atoms with Gasteiger partial charge in [-0.05, 0) is 33.2 Å². The van der Waals surface area contributed by atoms with E-state index in [4.69, 9.17) is 0 Å². The van der Waals surface area contributed by atoms with Crippen LogP contribution in [0.5, 0.6) is 0 Å². The number of rotatable bonds is 3. The van der Waals surface area contributed by atoms with Crippen molar-refractivity contribution in [1.82, 2.24) is 19.3 Å². The lowest BCUT2D eigenvalue weighted by Crippen LogP contribution is -2.45. The fourth-order valence-corrected chi connectivity index (χ4v) is 3.04. The Labute approximate surface area is 112 Å². The third kappa shape index (κ3) is 2.35. The second-order valence-corrected chi connectivity index (χ2v) is 5.84. The maximum Gasteiger partial charge on any atom is 0.155 e. The van der Waals surface area contributed by atoms with Gasteiger partial charge < -0.3 is 5.11 Å². The van der Waals surface area contributed by atoms with Gasteiger partial charge in [0.25, 0.3) is 0 Å². The summed E-state index contributed by atoms with van der Waals surface area (Å²) in [7, 11) is 0. The van der Waals surface area contributed by atoms with Gasteiger partial charge in [0.1, 0.15) is 0 Å². The molecule has 0 bridgehead atoms. The molecule has 1 atom stereocenters. The lowest BCUT2D eigenvalue weighted by Gasteiger charge is -2.33. The number of hydrogen-bond acceptors (Lipinski definition) is 4. The molecule has 1 fully saturated rings. The van der Waals surface area contributed by atoms with Crippen LogP contribution in [0.1, 0.15) is 32.4 Å². The SMILES string of the molecule is CC(C)(O)C1CCCN1Cc1cnc2cnccn12. The minimum atomic E-state index is -0.654. The third-order valence-electron chi connectivity index (χ3n) is 3.94. The van der Waals surface area contributed by atoms with Crippen molar-refractivity contribution < 1.29 is 5.11 Å². The quantitative estimate of drug-likeness (QED) is 0.908. The number of fused-ring (bicyclic) bond motifs is 1. The molecule has 5 heteroatoms. The number of aliphatic hydroxyl groups is 1. The van der Waals surface area contributed by atoms with Crippen molar-refractivity contribution in [2.24, 2.45) is 0 Å². The molecule has 0 amide bonds. The summed E-state index contributed by atoms with van der Waals surface area (Å²) >= 11 is 0. The number of likely N-dealkylation sites (tertiary alicyclic amines) is 1. The van der Waals surface area contributed by atoms with Crippen molar-refractivity contribution in [3.8, 4) is 0 Å². The van der Waals surface area contributed by atoms with Crippen molar-refractivity contribution in [2.75, 3.05) is 6.54 Å². The van der Waals surface area contributed by atoms with Gasteiger partial charge in [-0.15, -0.1) is 0 Å². The maximum atomic E-state index is 10.3. The fourth-order valence-electron chi connectivity index (χ4n) is 3.04. The number of aromatic nitrogens is 3. The molecule has 0 spiro atoms. The van der Waals surface area contributed by atoms with Crippen LogP contribution < -0.4 is 0 Å². The first-order valence-electron chi connectivity index (χ1n) is 6.78. The highest BCUT2D eigenvalue weighted by Crippen LogP contribution is 2.28. The van der Waals surface area contributed by atoms with Crippen LogP contribution in [0, 0.1) is 0 Å². The molecule has 0 aliphatic carbocycles. The van der Waals surface area contributed by atoms with Gasteiger partial charge in [0.2, 0.25) is 0 Å². The molecule has 0 radical (unpaired) electrons. The number of imidazole rings is 1. The zero-order valence-corrected chi connectivity index (χ0v) is 11.5. The van der Waals surface area contributed by atoms with Crippen LogP contribution in [0.2, 0.25) is 0 Å². The zero-order chi connectivity index (χ0) is 13.5. The van der Waals surface area contributed by atoms with Crippen molar-refractivity contribution in [2.45, 2.75) is 44.9 Å². The zero-order valence-electron chi connectivity index (χ0n) is 11.5. The van der Waals surface area contributed by atoms with Crippen LogP contribution in [0.3, 0.4) is 0 Å². The molecule has 1 unspecified atom stereocenters. The van der Waals surface area contributed by atoms with Crippen molar-refractivity contribution in [3.63, 3.8) is 0 Å². The summed E-state index contributed by atoms with van der Waals surface area (Å²) in [5, 5.41) is 10.3. The average Bonchev–Trinajstić information content (AvgIpc) is 2.97. The second-order valence-electron chi connectivity index (χ2n) is 5.84. The van der Waals surface area contributed by atoms with Gasteiger partial charge >= 0.3 is 0 Å². The fraction of sp³-hybridized carbons (Fsp3) is 0.571. The van der Waals surface area contributed by atoms with E-state index in [0.717, 1.165) is 37.3 Å². The molecule has 1 aliphatic rings. The lowest BCUT2D eigenvalue weighted by atomic mass is 9.96. The molecule has 1 N–H and O–H groups in total. The van der Waals surface area contributed by atoms with E-state index in [1.54, 1.807) is 12.4 Å². The second kappa shape index (κ2) is 4.58. The van der Waals surface area contributed by atoms with Crippen LogP contribution in [0.4, 0.5) is 0 Å². The van der Waals surface area contributed by atoms with E-state index < -0.39 is 5.60 Å². The van der Waals surface area contributed by atoms with Crippen LogP contribution >= 0.6 is 0 Å². The highest BCUT2D eigenvalue weighted by atomic mass is 16.3. The Morgan fingerprint density at radius 2 is 2.26 bits per heavy atom. The van der Waals surface area contributed by atoms with Crippen LogP contribution in [0.25, 0.3) is 5.65 Å². The third-order valence-corrected chi connectivity index (χ3v) is 3.94. The highest BCUT2D eigenvalue weighted by molar-refractivity contribution is 5.36. The van der Waals surface area contributed by atoms with Gasteiger partial charge in [0, 0.05) is 25.0 Å². The van der Waals surface area contributed by atoms with Gasteiger partial charge in [-0.2, -0.15) is 0 Å². The van der Waals surface area contributed by atoms with Gasteiger partial charge in [-0.25, -0.2) is 4.98 Å². The molecule has 0 aromatic carbocycles. The van der Waals surface area contributed by atoms with E-state index in [-0.39, 0.29) is 6.04 Å². The van der Waals surface area contributed by atoms with E-state index in [1.165, 1.54) is 0 Å². The van der Waals surface area contributed by atoms with Crippen molar-refractivity contribution in [3.05, 3.63) is 30.5 Å². The molecule has 1 aliphatic heterocycles. The molecule has 0 saturated carbocycles. The summed E-state index contributed by atoms with van der Waals surface area (Å²) in [4.78, 5) is 10.8. The summed E-state index contributed by atoms with van der Waals surface area (Å²) in [6, 6.07) is 0.222. The maximum absolute atomic E-state index is 10.3. The van der Waals surface area contributed by atoms with E-state index in [9.17, 15) is 5.11 Å². The number of hydrogen-bond donors (Lipinski definition) is 1. The van der Waals surface area contributed by atoms with Gasteiger partial charge in [-0.3, -0.25) is 14.3 Å². The molecule has 5 nitrogen and oxygen atoms in total. The summed E-state index contributed by atoms with van der Waals surface area (Å²) in [5.41, 5.74) is 1.36. The van der Waals surface area contributed by atoms with Gasteiger partial charge in [0.05, 0.1) is 23.7 Å². The van der Waals surface area contributed by atoms with E-state index in [2.05, 4.69) is 19.3 Å². The molecule has 2 aromatic rings. The van der Waals surface area contributed by atoms with Crippen LogP contribution in [0.15, 0.2) is 24.8 Å². The Bertz CT molecular complexity index is 572. The average molecular weight is 260 g/mol. The smallest absolute Gasteiger partial charge is 0.155 e. The Kier molecular flexibility index (Phi) is 3.03. The molecule has 2 aromatic heterocycles. The Balaban J connectivity index is 1.85. The van der Waals surface area contributed by atoms with E-state index >= 15 is 0 Å². The predicted molar refractivity (Wildman–Crippen MR) is 72.7 cm³/mol. The topological polar surface area (TPSA) is 53.7 Å². The molecular weight excluding hydrogens is 240 g/mol. The van der Waals surface area contributed by atoms with Crippen LogP contribution in [-0.4, -0.2) is 42.6 Å². The normalized spacial score (nSPS) is 21.3. The minimum absolute atomic E-state index is 0.222. The van der Waals surface area contributed by atoms with Crippen molar-refractivity contribution in [1.29, 1.82) is 0 Å². The van der Waals surface area contributed by atoms with Crippen molar-refractivity contribution >= 4 is 5.65 Å². The van der Waals surface area contributed by atoms with E-state index in [1.807, 2.05) is 26.2 Å².